The Morgan fingerprint density at radius 3 is 2.47 bits per heavy atom. The number of rotatable bonds is 4. The standard InChI is InChI=1S/C24H27F2N3O3/c25-20-13-17(14-21(26)15-20)16-28-23(31)18-7-4-11-29(12-9-22(30)27-10-8-18)24(32)19-5-2-1-3-6-19/h1-3,5-6,13-15,18H,4,7-12,16H2,(H,27,30)(H,28,31). The fourth-order valence-electron chi connectivity index (χ4n) is 3.77. The van der Waals surface area contributed by atoms with E-state index in [4.69, 9.17) is 0 Å². The highest BCUT2D eigenvalue weighted by atomic mass is 19.1. The van der Waals surface area contributed by atoms with Crippen LogP contribution in [0.4, 0.5) is 8.78 Å². The molecule has 32 heavy (non-hydrogen) atoms. The molecule has 2 aromatic rings. The molecule has 8 heteroatoms. The molecule has 3 rings (SSSR count). The van der Waals surface area contributed by atoms with E-state index in [1.807, 2.05) is 6.07 Å². The third-order valence-corrected chi connectivity index (χ3v) is 5.47. The normalized spacial score (nSPS) is 17.8. The summed E-state index contributed by atoms with van der Waals surface area (Å²) >= 11 is 0. The first-order valence-corrected chi connectivity index (χ1v) is 10.8. The van der Waals surface area contributed by atoms with E-state index in [2.05, 4.69) is 10.6 Å². The van der Waals surface area contributed by atoms with Crippen LogP contribution >= 0.6 is 0 Å². The van der Waals surface area contributed by atoms with Gasteiger partial charge in [-0.05, 0) is 49.1 Å². The number of nitrogens with zero attached hydrogens (tertiary/aromatic N) is 1. The van der Waals surface area contributed by atoms with E-state index in [1.54, 1.807) is 29.2 Å². The third kappa shape index (κ3) is 6.87. The Morgan fingerprint density at radius 2 is 1.75 bits per heavy atom. The number of halogens is 2. The Balaban J connectivity index is 1.62. The van der Waals surface area contributed by atoms with Crippen LogP contribution in [0.3, 0.4) is 0 Å². The molecule has 1 saturated heterocycles. The van der Waals surface area contributed by atoms with Crippen LogP contribution in [0.5, 0.6) is 0 Å². The van der Waals surface area contributed by atoms with E-state index in [0.29, 0.717) is 50.0 Å². The predicted octanol–water partition coefficient (Wildman–Crippen LogP) is 3.03. The van der Waals surface area contributed by atoms with E-state index in [0.717, 1.165) is 6.07 Å². The van der Waals surface area contributed by atoms with E-state index < -0.39 is 11.6 Å². The van der Waals surface area contributed by atoms with Crippen molar-refractivity contribution in [3.63, 3.8) is 0 Å². The lowest BCUT2D eigenvalue weighted by atomic mass is 9.97. The average molecular weight is 443 g/mol. The molecule has 0 spiro atoms. The molecule has 2 N–H and O–H groups in total. The van der Waals surface area contributed by atoms with Gasteiger partial charge >= 0.3 is 0 Å². The topological polar surface area (TPSA) is 78.5 Å². The predicted molar refractivity (Wildman–Crippen MR) is 116 cm³/mol. The summed E-state index contributed by atoms with van der Waals surface area (Å²) in [5, 5.41) is 5.53. The highest BCUT2D eigenvalue weighted by molar-refractivity contribution is 5.94. The Morgan fingerprint density at radius 1 is 1.03 bits per heavy atom. The molecular weight excluding hydrogens is 416 g/mol. The van der Waals surface area contributed by atoms with Gasteiger partial charge in [-0.3, -0.25) is 14.4 Å². The van der Waals surface area contributed by atoms with Crippen LogP contribution in [-0.2, 0) is 16.1 Å². The lowest BCUT2D eigenvalue weighted by Gasteiger charge is -2.23. The Bertz CT molecular complexity index is 933. The van der Waals surface area contributed by atoms with Gasteiger partial charge in [0, 0.05) is 50.1 Å². The van der Waals surface area contributed by atoms with Crippen LogP contribution in [0.25, 0.3) is 0 Å². The molecule has 0 saturated carbocycles. The molecule has 2 aromatic carbocycles. The molecule has 1 fully saturated rings. The minimum Gasteiger partial charge on any atom is -0.356 e. The van der Waals surface area contributed by atoms with Gasteiger partial charge in [-0.25, -0.2) is 8.78 Å². The van der Waals surface area contributed by atoms with E-state index in [1.165, 1.54) is 12.1 Å². The second-order valence-corrected chi connectivity index (χ2v) is 7.88. The zero-order valence-electron chi connectivity index (χ0n) is 17.8. The van der Waals surface area contributed by atoms with Crippen molar-refractivity contribution in [1.82, 2.24) is 15.5 Å². The SMILES string of the molecule is O=C1CCN(C(=O)c2ccccc2)CCCC(C(=O)NCc2cc(F)cc(F)c2)CCN1. The largest absolute Gasteiger partial charge is 0.356 e. The van der Waals surface area contributed by atoms with Crippen molar-refractivity contribution in [3.05, 3.63) is 71.3 Å². The number of carbonyl (C=O) groups excluding carboxylic acids is 3. The van der Waals surface area contributed by atoms with Crippen molar-refractivity contribution in [2.75, 3.05) is 19.6 Å². The number of nitrogens with one attached hydrogen (secondary N) is 2. The van der Waals surface area contributed by atoms with E-state index in [9.17, 15) is 23.2 Å². The Labute approximate surface area is 186 Å². The number of carbonyl (C=O) groups is 3. The maximum atomic E-state index is 13.4. The quantitative estimate of drug-likeness (QED) is 0.763. The molecule has 1 atom stereocenters. The van der Waals surface area contributed by atoms with Crippen LogP contribution in [0.2, 0.25) is 0 Å². The van der Waals surface area contributed by atoms with Crippen LogP contribution in [-0.4, -0.2) is 42.3 Å². The number of hydrogen-bond acceptors (Lipinski definition) is 3. The summed E-state index contributed by atoms with van der Waals surface area (Å²) in [5.74, 6) is -2.35. The zero-order valence-corrected chi connectivity index (χ0v) is 17.8. The molecule has 1 aliphatic rings. The lowest BCUT2D eigenvalue weighted by Crippen LogP contribution is -2.35. The lowest BCUT2D eigenvalue weighted by molar-refractivity contribution is -0.126. The molecular formula is C24H27F2N3O3. The van der Waals surface area contributed by atoms with Crippen molar-refractivity contribution in [3.8, 4) is 0 Å². The minimum atomic E-state index is -0.699. The maximum Gasteiger partial charge on any atom is 0.253 e. The van der Waals surface area contributed by atoms with Crippen molar-refractivity contribution < 1.29 is 23.2 Å². The molecule has 170 valence electrons. The highest BCUT2D eigenvalue weighted by Crippen LogP contribution is 2.16. The maximum absolute atomic E-state index is 13.4. The van der Waals surface area contributed by atoms with Crippen molar-refractivity contribution in [1.29, 1.82) is 0 Å². The molecule has 1 unspecified atom stereocenters. The molecule has 6 nitrogen and oxygen atoms in total. The van der Waals surface area contributed by atoms with Gasteiger partial charge in [-0.15, -0.1) is 0 Å². The summed E-state index contributed by atoms with van der Waals surface area (Å²) in [6.07, 6.45) is 1.76. The molecule has 0 bridgehead atoms. The van der Waals surface area contributed by atoms with E-state index >= 15 is 0 Å². The number of benzene rings is 2. The van der Waals surface area contributed by atoms with Crippen LogP contribution < -0.4 is 10.6 Å². The summed E-state index contributed by atoms with van der Waals surface area (Å²) in [6, 6.07) is 12.0. The summed E-state index contributed by atoms with van der Waals surface area (Å²) in [5.41, 5.74) is 0.889. The van der Waals surface area contributed by atoms with Gasteiger partial charge in [0.05, 0.1) is 0 Å². The van der Waals surface area contributed by atoms with Crippen molar-refractivity contribution in [2.45, 2.75) is 32.2 Å². The smallest absolute Gasteiger partial charge is 0.253 e. The van der Waals surface area contributed by atoms with Gasteiger partial charge in [0.1, 0.15) is 11.6 Å². The fraction of sp³-hybridized carbons (Fsp3) is 0.375. The average Bonchev–Trinajstić information content (AvgIpc) is 2.81. The fourth-order valence-corrected chi connectivity index (χ4v) is 3.77. The minimum absolute atomic E-state index is 0.00892. The molecule has 0 aromatic heterocycles. The highest BCUT2D eigenvalue weighted by Gasteiger charge is 2.22. The summed E-state index contributed by atoms with van der Waals surface area (Å²) in [7, 11) is 0. The van der Waals surface area contributed by atoms with Crippen LogP contribution in [0.1, 0.15) is 41.6 Å². The van der Waals surface area contributed by atoms with Crippen LogP contribution in [0.15, 0.2) is 48.5 Å². The first-order valence-electron chi connectivity index (χ1n) is 10.8. The molecule has 1 heterocycles. The van der Waals surface area contributed by atoms with Gasteiger partial charge in [0.2, 0.25) is 11.8 Å². The molecule has 1 aliphatic heterocycles. The first-order chi connectivity index (χ1) is 15.4. The van der Waals surface area contributed by atoms with E-state index in [-0.39, 0.29) is 36.6 Å². The van der Waals surface area contributed by atoms with Gasteiger partial charge < -0.3 is 15.5 Å². The molecule has 3 amide bonds. The van der Waals surface area contributed by atoms with Crippen LogP contribution in [0, 0.1) is 17.6 Å². The van der Waals surface area contributed by atoms with Crippen molar-refractivity contribution >= 4 is 17.7 Å². The Hall–Kier alpha value is -3.29. The third-order valence-electron chi connectivity index (χ3n) is 5.47. The number of amides is 3. The van der Waals surface area contributed by atoms with Gasteiger partial charge in [0.25, 0.3) is 5.91 Å². The van der Waals surface area contributed by atoms with Gasteiger partial charge in [-0.1, -0.05) is 18.2 Å². The second-order valence-electron chi connectivity index (χ2n) is 7.88. The van der Waals surface area contributed by atoms with Gasteiger partial charge in [-0.2, -0.15) is 0 Å². The summed E-state index contributed by atoms with van der Waals surface area (Å²) in [4.78, 5) is 39.3. The first kappa shape index (κ1) is 23.4. The van der Waals surface area contributed by atoms with Crippen molar-refractivity contribution in [2.24, 2.45) is 5.92 Å². The monoisotopic (exact) mass is 443 g/mol. The summed E-state index contributed by atoms with van der Waals surface area (Å²) < 4.78 is 26.7. The second kappa shape index (κ2) is 11.4. The molecule has 0 aliphatic carbocycles. The number of hydrogen-bond donors (Lipinski definition) is 2. The van der Waals surface area contributed by atoms with Gasteiger partial charge in [0.15, 0.2) is 0 Å². The zero-order chi connectivity index (χ0) is 22.9. The Kier molecular flexibility index (Phi) is 8.30. The molecule has 0 radical (unpaired) electrons. The summed E-state index contributed by atoms with van der Waals surface area (Å²) in [6.45, 7) is 1.09.